The van der Waals surface area contributed by atoms with Crippen molar-refractivity contribution in [3.05, 3.63) is 59.4 Å². The first-order valence-electron chi connectivity index (χ1n) is 10.3. The van der Waals surface area contributed by atoms with Crippen LogP contribution in [-0.2, 0) is 32.7 Å². The van der Waals surface area contributed by atoms with Crippen LogP contribution in [0.1, 0.15) is 29.5 Å². The number of nitrogens with zero attached hydrogens (tertiary/aromatic N) is 3. The predicted molar refractivity (Wildman–Crippen MR) is 119 cm³/mol. The second-order valence-corrected chi connectivity index (χ2v) is 9.74. The Labute approximate surface area is 195 Å². The maximum absolute atomic E-state index is 13.7. The summed E-state index contributed by atoms with van der Waals surface area (Å²) in [6.45, 7) is 1.76. The second kappa shape index (κ2) is 10.3. The number of sulfonamides is 1. The van der Waals surface area contributed by atoms with Crippen molar-refractivity contribution in [2.45, 2.75) is 31.4 Å². The Morgan fingerprint density at radius 1 is 1.15 bits per heavy atom. The van der Waals surface area contributed by atoms with Gasteiger partial charge in [-0.25, -0.2) is 26.5 Å². The van der Waals surface area contributed by atoms with Crippen molar-refractivity contribution in [3.63, 3.8) is 0 Å². The van der Waals surface area contributed by atoms with Crippen LogP contribution in [0.15, 0.2) is 41.3 Å². The van der Waals surface area contributed by atoms with Crippen molar-refractivity contribution < 1.29 is 31.5 Å². The molecule has 0 saturated heterocycles. The lowest BCUT2D eigenvalue weighted by Gasteiger charge is -2.11. The molecule has 0 spiro atoms. The molecule has 9 nitrogen and oxygen atoms in total. The number of halogens is 2. The normalized spacial score (nSPS) is 11.7. The van der Waals surface area contributed by atoms with Crippen LogP contribution in [0.4, 0.5) is 8.78 Å². The highest BCUT2D eigenvalue weighted by Gasteiger charge is 2.20. The van der Waals surface area contributed by atoms with Gasteiger partial charge in [-0.2, -0.15) is 0 Å². The number of benzene rings is 2. The maximum atomic E-state index is 13.7. The van der Waals surface area contributed by atoms with Gasteiger partial charge in [0.2, 0.25) is 10.0 Å². The van der Waals surface area contributed by atoms with E-state index in [1.54, 1.807) is 6.07 Å². The van der Waals surface area contributed by atoms with Crippen LogP contribution in [0.2, 0.25) is 0 Å². The Kier molecular flexibility index (Phi) is 7.62. The van der Waals surface area contributed by atoms with Gasteiger partial charge in [-0.3, -0.25) is 9.59 Å². The Hall–Kier alpha value is -3.38. The molecule has 0 saturated carbocycles. The molecule has 2 aromatic carbocycles. The number of imidazole rings is 1. The topological polar surface area (TPSA) is 111 Å². The molecule has 0 aliphatic rings. The van der Waals surface area contributed by atoms with Gasteiger partial charge in [-0.05, 0) is 36.8 Å². The molecule has 0 aliphatic carbocycles. The van der Waals surface area contributed by atoms with E-state index < -0.39 is 45.6 Å². The second-order valence-electron chi connectivity index (χ2n) is 7.59. The molecular weight excluding hydrogens is 470 g/mol. The van der Waals surface area contributed by atoms with Crippen LogP contribution in [0.5, 0.6) is 0 Å². The van der Waals surface area contributed by atoms with Gasteiger partial charge < -0.3 is 14.6 Å². The molecule has 3 rings (SSSR count). The van der Waals surface area contributed by atoms with Crippen LogP contribution in [0, 0.1) is 11.6 Å². The molecule has 1 amide bonds. The number of aryl methyl sites for hydroxylation is 1. The fourth-order valence-electron chi connectivity index (χ4n) is 3.23. The molecule has 34 heavy (non-hydrogen) atoms. The van der Waals surface area contributed by atoms with Crippen molar-refractivity contribution >= 4 is 32.9 Å². The minimum atomic E-state index is -3.64. The first-order chi connectivity index (χ1) is 16.0. The predicted octanol–water partition coefficient (Wildman–Crippen LogP) is 2.45. The number of nitrogens with one attached hydrogen (secondary N) is 1. The number of aromatic nitrogens is 2. The fourth-order valence-corrected chi connectivity index (χ4v) is 4.15. The molecule has 0 unspecified atom stereocenters. The van der Waals surface area contributed by atoms with E-state index in [1.165, 1.54) is 26.2 Å². The third-order valence-corrected chi connectivity index (χ3v) is 6.77. The fraction of sp³-hybridized carbons (Fsp3) is 0.318. The van der Waals surface area contributed by atoms with Gasteiger partial charge in [-0.1, -0.05) is 6.92 Å². The first-order valence-corrected chi connectivity index (χ1v) is 11.8. The number of carbonyl (C=O) groups excluding carboxylic acids is 2. The molecule has 0 radical (unpaired) electrons. The highest BCUT2D eigenvalue weighted by atomic mass is 32.2. The summed E-state index contributed by atoms with van der Waals surface area (Å²) in [6.07, 6.45) is 0.753. The van der Waals surface area contributed by atoms with Crippen LogP contribution in [0.25, 0.3) is 11.0 Å². The standard InChI is InChI=1S/C22H24F2N4O5S/c1-4-9-28-19-8-6-15(34(31,32)27(2)3)11-18(19)26-20(28)13-33-21(29)12-25-22(30)16-7-5-14(23)10-17(16)24/h5-8,10-11H,4,9,12-13H2,1-3H3,(H,25,30). The van der Waals surface area contributed by atoms with Crippen molar-refractivity contribution in [1.82, 2.24) is 19.2 Å². The lowest BCUT2D eigenvalue weighted by Crippen LogP contribution is -2.31. The molecule has 1 N–H and O–H groups in total. The average Bonchev–Trinajstić information content (AvgIpc) is 3.13. The Morgan fingerprint density at radius 3 is 2.53 bits per heavy atom. The van der Waals surface area contributed by atoms with Gasteiger partial charge in [0.1, 0.15) is 30.6 Å². The summed E-state index contributed by atoms with van der Waals surface area (Å²) in [7, 11) is -0.775. The molecule has 0 fully saturated rings. The van der Waals surface area contributed by atoms with E-state index in [9.17, 15) is 26.8 Å². The molecule has 3 aromatic rings. The molecule has 12 heteroatoms. The summed E-state index contributed by atoms with van der Waals surface area (Å²) < 4.78 is 59.6. The van der Waals surface area contributed by atoms with Gasteiger partial charge in [0.05, 0.1) is 21.5 Å². The summed E-state index contributed by atoms with van der Waals surface area (Å²) in [6, 6.07) is 7.08. The maximum Gasteiger partial charge on any atom is 0.325 e. The van der Waals surface area contributed by atoms with E-state index in [1.807, 2.05) is 11.5 Å². The third kappa shape index (κ3) is 5.39. The van der Waals surface area contributed by atoms with E-state index in [2.05, 4.69) is 10.3 Å². The van der Waals surface area contributed by atoms with E-state index >= 15 is 0 Å². The Morgan fingerprint density at radius 2 is 1.88 bits per heavy atom. The minimum Gasteiger partial charge on any atom is -0.456 e. The number of hydrogen-bond acceptors (Lipinski definition) is 6. The molecule has 0 atom stereocenters. The molecule has 182 valence electrons. The largest absolute Gasteiger partial charge is 0.456 e. The number of ether oxygens (including phenoxy) is 1. The summed E-state index contributed by atoms with van der Waals surface area (Å²) in [4.78, 5) is 28.7. The van der Waals surface area contributed by atoms with E-state index in [0.717, 1.165) is 22.9 Å². The Balaban J connectivity index is 1.71. The van der Waals surface area contributed by atoms with Crippen LogP contribution >= 0.6 is 0 Å². The SMILES string of the molecule is CCCn1c(COC(=O)CNC(=O)c2ccc(F)cc2F)nc2cc(S(=O)(=O)N(C)C)ccc21. The van der Waals surface area contributed by atoms with E-state index in [0.29, 0.717) is 29.5 Å². The number of esters is 1. The summed E-state index contributed by atoms with van der Waals surface area (Å²) in [5, 5.41) is 2.22. The van der Waals surface area contributed by atoms with E-state index in [4.69, 9.17) is 4.74 Å². The third-order valence-electron chi connectivity index (χ3n) is 4.96. The number of rotatable bonds is 9. The monoisotopic (exact) mass is 494 g/mol. The molecule has 0 aliphatic heterocycles. The summed E-state index contributed by atoms with van der Waals surface area (Å²) in [5.74, 6) is -3.14. The van der Waals surface area contributed by atoms with Gasteiger partial charge in [0.15, 0.2) is 0 Å². The van der Waals surface area contributed by atoms with Crippen LogP contribution < -0.4 is 5.32 Å². The summed E-state index contributed by atoms with van der Waals surface area (Å²) in [5.41, 5.74) is 0.718. The van der Waals surface area contributed by atoms with Gasteiger partial charge >= 0.3 is 5.97 Å². The van der Waals surface area contributed by atoms with Crippen LogP contribution in [0.3, 0.4) is 0 Å². The average molecular weight is 495 g/mol. The van der Waals surface area contributed by atoms with Crippen molar-refractivity contribution in [1.29, 1.82) is 0 Å². The van der Waals surface area contributed by atoms with Gasteiger partial charge in [0.25, 0.3) is 5.91 Å². The molecular formula is C22H24F2N4O5S. The first kappa shape index (κ1) is 25.2. The van der Waals surface area contributed by atoms with Crippen molar-refractivity contribution in [2.75, 3.05) is 20.6 Å². The highest BCUT2D eigenvalue weighted by Crippen LogP contribution is 2.23. The van der Waals surface area contributed by atoms with E-state index in [-0.39, 0.29) is 11.5 Å². The zero-order chi connectivity index (χ0) is 25.0. The lowest BCUT2D eigenvalue weighted by molar-refractivity contribution is -0.144. The van der Waals surface area contributed by atoms with Gasteiger partial charge in [0, 0.05) is 26.7 Å². The minimum absolute atomic E-state index is 0.0884. The zero-order valence-electron chi connectivity index (χ0n) is 18.8. The van der Waals surface area contributed by atoms with Crippen molar-refractivity contribution in [3.8, 4) is 0 Å². The lowest BCUT2D eigenvalue weighted by atomic mass is 10.2. The van der Waals surface area contributed by atoms with Gasteiger partial charge in [-0.15, -0.1) is 0 Å². The van der Waals surface area contributed by atoms with Crippen LogP contribution in [-0.4, -0.2) is 54.8 Å². The summed E-state index contributed by atoms with van der Waals surface area (Å²) >= 11 is 0. The quantitative estimate of drug-likeness (QED) is 0.458. The number of fused-ring (bicyclic) bond motifs is 1. The molecule has 0 bridgehead atoms. The highest BCUT2D eigenvalue weighted by molar-refractivity contribution is 7.89. The smallest absolute Gasteiger partial charge is 0.325 e. The van der Waals surface area contributed by atoms with Crippen molar-refractivity contribution in [2.24, 2.45) is 0 Å². The zero-order valence-corrected chi connectivity index (χ0v) is 19.7. The number of hydrogen-bond donors (Lipinski definition) is 1. The Bertz CT molecular complexity index is 1340. The molecule has 1 aromatic heterocycles. The number of amides is 1. The number of carbonyl (C=O) groups is 2. The molecule has 1 heterocycles.